The van der Waals surface area contributed by atoms with E-state index in [-0.39, 0.29) is 17.5 Å². The van der Waals surface area contributed by atoms with Gasteiger partial charge in [0.1, 0.15) is 12.4 Å². The number of esters is 1. The number of anilines is 1. The summed E-state index contributed by atoms with van der Waals surface area (Å²) in [4.78, 5) is 36.3. The Bertz CT molecular complexity index is 596. The van der Waals surface area contributed by atoms with Crippen LogP contribution in [-0.2, 0) is 14.3 Å². The second-order valence-electron chi connectivity index (χ2n) is 4.64. The predicted octanol–water partition coefficient (Wildman–Crippen LogP) is 1.86. The Kier molecular flexibility index (Phi) is 5.37. The number of amides is 2. The third kappa shape index (κ3) is 4.20. The molecule has 1 fully saturated rings. The zero-order valence-corrected chi connectivity index (χ0v) is 12.7. The number of rotatable bonds is 5. The van der Waals surface area contributed by atoms with Crippen molar-refractivity contribution in [2.24, 2.45) is 0 Å². The Balaban J connectivity index is 1.84. The van der Waals surface area contributed by atoms with Crippen molar-refractivity contribution in [1.82, 2.24) is 4.90 Å². The van der Waals surface area contributed by atoms with Crippen molar-refractivity contribution in [2.45, 2.75) is 13.0 Å². The Morgan fingerprint density at radius 3 is 2.82 bits per heavy atom. The van der Waals surface area contributed by atoms with E-state index in [1.54, 1.807) is 6.07 Å². The molecular formula is C14H15FN2O4S. The molecule has 1 aromatic rings. The molecule has 1 aromatic carbocycles. The van der Waals surface area contributed by atoms with Crippen LogP contribution in [-0.4, -0.2) is 47.0 Å². The van der Waals surface area contributed by atoms with Crippen LogP contribution in [0, 0.1) is 5.82 Å². The monoisotopic (exact) mass is 326 g/mol. The Labute approximate surface area is 131 Å². The van der Waals surface area contributed by atoms with Crippen LogP contribution in [0.25, 0.3) is 0 Å². The Morgan fingerprint density at radius 2 is 2.18 bits per heavy atom. The van der Waals surface area contributed by atoms with Gasteiger partial charge in [0.25, 0.3) is 11.1 Å². The van der Waals surface area contributed by atoms with Crippen LogP contribution in [0.2, 0.25) is 0 Å². The molecule has 2 amide bonds. The largest absolute Gasteiger partial charge is 0.451 e. The van der Waals surface area contributed by atoms with Gasteiger partial charge < -0.3 is 15.0 Å². The highest BCUT2D eigenvalue weighted by Gasteiger charge is 2.26. The highest BCUT2D eigenvalue weighted by Crippen LogP contribution is 2.17. The lowest BCUT2D eigenvalue weighted by molar-refractivity contribution is -0.153. The molecule has 0 saturated carbocycles. The summed E-state index contributed by atoms with van der Waals surface area (Å²) in [5.74, 6) is -1.25. The van der Waals surface area contributed by atoms with E-state index in [1.807, 2.05) is 0 Å². The van der Waals surface area contributed by atoms with E-state index >= 15 is 0 Å². The molecular weight excluding hydrogens is 311 g/mol. The lowest BCUT2D eigenvalue weighted by atomic mass is 10.3. The van der Waals surface area contributed by atoms with E-state index in [4.69, 9.17) is 4.74 Å². The molecule has 0 aliphatic carbocycles. The fourth-order valence-corrected chi connectivity index (χ4v) is 2.63. The van der Waals surface area contributed by atoms with Crippen LogP contribution < -0.4 is 5.32 Å². The van der Waals surface area contributed by atoms with E-state index in [2.05, 4.69) is 5.32 Å². The quantitative estimate of drug-likeness (QED) is 0.836. The Hall–Kier alpha value is -2.09. The van der Waals surface area contributed by atoms with Crippen molar-refractivity contribution < 1.29 is 23.5 Å². The molecule has 1 aliphatic heterocycles. The van der Waals surface area contributed by atoms with Gasteiger partial charge in [-0.25, -0.2) is 4.39 Å². The fraction of sp³-hybridized carbons (Fsp3) is 0.357. The molecule has 0 aromatic heterocycles. The maximum atomic E-state index is 13.4. The predicted molar refractivity (Wildman–Crippen MR) is 80.0 cm³/mol. The maximum Gasteiger partial charge on any atom is 0.326 e. The van der Waals surface area contributed by atoms with Crippen LogP contribution in [0.15, 0.2) is 24.3 Å². The summed E-state index contributed by atoms with van der Waals surface area (Å²) in [6, 6.07) is 5.69. The average molecular weight is 326 g/mol. The van der Waals surface area contributed by atoms with Gasteiger partial charge >= 0.3 is 5.97 Å². The molecule has 0 radical (unpaired) electrons. The molecule has 8 heteroatoms. The number of carbonyl (C=O) groups is 3. The molecule has 1 saturated heterocycles. The summed E-state index contributed by atoms with van der Waals surface area (Å²) < 4.78 is 18.4. The van der Waals surface area contributed by atoms with Crippen molar-refractivity contribution in [3.05, 3.63) is 30.1 Å². The van der Waals surface area contributed by atoms with Gasteiger partial charge in [-0.15, -0.1) is 0 Å². The summed E-state index contributed by atoms with van der Waals surface area (Å²) in [5.41, 5.74) is 0.0153. The molecule has 1 atom stereocenters. The molecule has 22 heavy (non-hydrogen) atoms. The third-order valence-corrected chi connectivity index (χ3v) is 3.87. The summed E-state index contributed by atoms with van der Waals surface area (Å²) >= 11 is 1.13. The molecule has 0 spiro atoms. The van der Waals surface area contributed by atoms with Crippen molar-refractivity contribution in [3.8, 4) is 0 Å². The van der Waals surface area contributed by atoms with Crippen molar-refractivity contribution in [2.75, 3.05) is 24.2 Å². The summed E-state index contributed by atoms with van der Waals surface area (Å²) in [5, 5.41) is 2.16. The van der Waals surface area contributed by atoms with Gasteiger partial charge in [-0.1, -0.05) is 23.9 Å². The van der Waals surface area contributed by atoms with Gasteiger partial charge in [0.05, 0.1) is 5.69 Å². The van der Waals surface area contributed by atoms with Gasteiger partial charge in [-0.3, -0.25) is 14.4 Å². The molecule has 2 rings (SSSR count). The number of ether oxygens (including phenoxy) is 1. The fourth-order valence-electron chi connectivity index (χ4n) is 1.81. The van der Waals surface area contributed by atoms with Crippen LogP contribution in [0.5, 0.6) is 0 Å². The average Bonchev–Trinajstić information content (AvgIpc) is 2.86. The first-order valence-electron chi connectivity index (χ1n) is 6.64. The van der Waals surface area contributed by atoms with Crippen LogP contribution in [0.4, 0.5) is 14.9 Å². The second kappa shape index (κ2) is 7.26. The lowest BCUT2D eigenvalue weighted by Crippen LogP contribution is -2.36. The normalized spacial score (nSPS) is 15.5. The number of hydrogen-bond acceptors (Lipinski definition) is 5. The van der Waals surface area contributed by atoms with E-state index in [9.17, 15) is 18.8 Å². The number of halogens is 1. The van der Waals surface area contributed by atoms with Crippen molar-refractivity contribution >= 4 is 34.6 Å². The third-order valence-electron chi connectivity index (χ3n) is 2.97. The topological polar surface area (TPSA) is 75.7 Å². The summed E-state index contributed by atoms with van der Waals surface area (Å²) in [6.07, 6.45) is -1.09. The van der Waals surface area contributed by atoms with Crippen LogP contribution in [0.1, 0.15) is 6.92 Å². The number of benzene rings is 1. The molecule has 1 N–H and O–H groups in total. The zero-order valence-electron chi connectivity index (χ0n) is 11.9. The van der Waals surface area contributed by atoms with Gasteiger partial charge in [0.15, 0.2) is 6.10 Å². The highest BCUT2D eigenvalue weighted by atomic mass is 32.2. The minimum absolute atomic E-state index is 0.0153. The highest BCUT2D eigenvalue weighted by molar-refractivity contribution is 8.13. The van der Waals surface area contributed by atoms with Gasteiger partial charge in [0, 0.05) is 12.3 Å². The molecule has 118 valence electrons. The standard InChI is InChI=1S/C14H15FN2O4S/c1-9(13(19)16-11-5-3-2-4-10(11)15)21-12(18)8-17-6-7-22-14(17)20/h2-5,9H,6-8H2,1H3,(H,16,19)/t9-/m0/s1. The molecule has 6 nitrogen and oxygen atoms in total. The smallest absolute Gasteiger partial charge is 0.326 e. The van der Waals surface area contributed by atoms with E-state index in [1.165, 1.54) is 30.0 Å². The first-order chi connectivity index (χ1) is 10.5. The van der Waals surface area contributed by atoms with E-state index in [0.717, 1.165) is 11.8 Å². The number of carbonyl (C=O) groups excluding carboxylic acids is 3. The minimum atomic E-state index is -1.09. The van der Waals surface area contributed by atoms with Gasteiger partial charge in [-0.2, -0.15) is 0 Å². The Morgan fingerprint density at radius 1 is 1.45 bits per heavy atom. The maximum absolute atomic E-state index is 13.4. The summed E-state index contributed by atoms with van der Waals surface area (Å²) in [7, 11) is 0. The molecule has 0 bridgehead atoms. The van der Waals surface area contributed by atoms with Crippen LogP contribution in [0.3, 0.4) is 0 Å². The SMILES string of the molecule is C[C@H](OC(=O)CN1CCSC1=O)C(=O)Nc1ccccc1F. The number of para-hydroxylation sites is 1. The summed E-state index contributed by atoms with van der Waals surface area (Å²) in [6.45, 7) is 1.67. The minimum Gasteiger partial charge on any atom is -0.451 e. The lowest BCUT2D eigenvalue weighted by Gasteiger charge is -2.17. The van der Waals surface area contributed by atoms with E-state index in [0.29, 0.717) is 12.3 Å². The first-order valence-corrected chi connectivity index (χ1v) is 7.62. The molecule has 0 unspecified atom stereocenters. The number of thioether (sulfide) groups is 1. The number of hydrogen-bond donors (Lipinski definition) is 1. The zero-order chi connectivity index (χ0) is 16.1. The number of nitrogens with zero attached hydrogens (tertiary/aromatic N) is 1. The van der Waals surface area contributed by atoms with Crippen molar-refractivity contribution in [3.63, 3.8) is 0 Å². The van der Waals surface area contributed by atoms with Gasteiger partial charge in [-0.05, 0) is 19.1 Å². The van der Waals surface area contributed by atoms with Gasteiger partial charge in [0.2, 0.25) is 0 Å². The first kappa shape index (κ1) is 16.3. The van der Waals surface area contributed by atoms with E-state index < -0.39 is 23.8 Å². The molecule has 1 heterocycles. The molecule has 1 aliphatic rings. The number of nitrogens with one attached hydrogen (secondary N) is 1. The van der Waals surface area contributed by atoms with Crippen LogP contribution >= 0.6 is 11.8 Å². The van der Waals surface area contributed by atoms with Crippen molar-refractivity contribution in [1.29, 1.82) is 0 Å². The second-order valence-corrected chi connectivity index (χ2v) is 5.68.